The third-order valence-corrected chi connectivity index (χ3v) is 3.12. The van der Waals surface area contributed by atoms with Crippen LogP contribution in [0.5, 0.6) is 0 Å². The Morgan fingerprint density at radius 1 is 1.16 bits per heavy atom. The third kappa shape index (κ3) is 2.22. The first-order valence-electron chi connectivity index (χ1n) is 5.80. The van der Waals surface area contributed by atoms with E-state index in [2.05, 4.69) is 0 Å². The van der Waals surface area contributed by atoms with Crippen molar-refractivity contribution in [3.05, 3.63) is 71.0 Å². The molecule has 0 saturated carbocycles. The van der Waals surface area contributed by atoms with Crippen molar-refractivity contribution in [2.45, 2.75) is 12.5 Å². The molecule has 2 rings (SSSR count). The number of carbonyl (C=O) groups is 1. The van der Waals surface area contributed by atoms with Gasteiger partial charge < -0.3 is 10.8 Å². The molecule has 3 N–H and O–H groups in total. The van der Waals surface area contributed by atoms with Gasteiger partial charge in [0.1, 0.15) is 5.82 Å². The lowest BCUT2D eigenvalue weighted by Gasteiger charge is -2.26. The fourth-order valence-corrected chi connectivity index (χ4v) is 2.00. The van der Waals surface area contributed by atoms with Gasteiger partial charge in [-0.3, -0.25) is 4.79 Å². The van der Waals surface area contributed by atoms with Crippen LogP contribution in [0, 0.1) is 12.7 Å². The normalized spacial score (nSPS) is 13.8. The molecular weight excluding hydrogens is 245 g/mol. The Kier molecular flexibility index (Phi) is 3.36. The van der Waals surface area contributed by atoms with Crippen molar-refractivity contribution in [1.29, 1.82) is 0 Å². The van der Waals surface area contributed by atoms with Gasteiger partial charge in [0.25, 0.3) is 5.91 Å². The lowest BCUT2D eigenvalue weighted by molar-refractivity contribution is -0.133. The number of nitrogens with two attached hydrogens (primary N) is 1. The van der Waals surface area contributed by atoms with Crippen LogP contribution in [0.3, 0.4) is 0 Å². The summed E-state index contributed by atoms with van der Waals surface area (Å²) in [5.74, 6) is -1.30. The molecule has 0 aliphatic carbocycles. The number of hydrogen-bond donors (Lipinski definition) is 2. The number of aryl methyl sites for hydroxylation is 1. The summed E-state index contributed by atoms with van der Waals surface area (Å²) in [5.41, 5.74) is 4.33. The van der Waals surface area contributed by atoms with Gasteiger partial charge in [0.15, 0.2) is 5.60 Å². The maximum Gasteiger partial charge on any atom is 0.258 e. The Morgan fingerprint density at radius 3 is 2.32 bits per heavy atom. The molecule has 1 amide bonds. The Hall–Kier alpha value is -2.20. The molecule has 0 aliphatic rings. The third-order valence-electron chi connectivity index (χ3n) is 3.12. The maximum atomic E-state index is 13.3. The van der Waals surface area contributed by atoms with Crippen molar-refractivity contribution in [1.82, 2.24) is 0 Å². The van der Waals surface area contributed by atoms with Crippen molar-refractivity contribution < 1.29 is 14.3 Å². The molecule has 0 aromatic heterocycles. The second kappa shape index (κ2) is 4.82. The summed E-state index contributed by atoms with van der Waals surface area (Å²) in [6.45, 7) is 1.56. The fourth-order valence-electron chi connectivity index (χ4n) is 2.00. The van der Waals surface area contributed by atoms with E-state index in [0.29, 0.717) is 11.1 Å². The number of primary amides is 1. The summed E-state index contributed by atoms with van der Waals surface area (Å²) in [7, 11) is 0. The van der Waals surface area contributed by atoms with Crippen LogP contribution in [0.25, 0.3) is 0 Å². The largest absolute Gasteiger partial charge is 0.372 e. The molecule has 3 nitrogen and oxygen atoms in total. The second-order valence-electron chi connectivity index (χ2n) is 4.40. The molecule has 0 spiro atoms. The molecule has 0 radical (unpaired) electrons. The zero-order valence-electron chi connectivity index (χ0n) is 10.4. The van der Waals surface area contributed by atoms with Crippen molar-refractivity contribution in [2.24, 2.45) is 5.73 Å². The second-order valence-corrected chi connectivity index (χ2v) is 4.40. The van der Waals surface area contributed by atoms with E-state index in [0.717, 1.165) is 0 Å². The molecule has 2 aromatic carbocycles. The minimum atomic E-state index is -1.96. The number of benzene rings is 2. The van der Waals surface area contributed by atoms with Crippen LogP contribution >= 0.6 is 0 Å². The van der Waals surface area contributed by atoms with Gasteiger partial charge in [-0.15, -0.1) is 0 Å². The lowest BCUT2D eigenvalue weighted by Crippen LogP contribution is -2.42. The number of carbonyl (C=O) groups excluding carboxylic acids is 1. The molecule has 2 aromatic rings. The summed E-state index contributed by atoms with van der Waals surface area (Å²) in [5, 5.41) is 10.6. The predicted octanol–water partition coefficient (Wildman–Crippen LogP) is 1.86. The van der Waals surface area contributed by atoms with Gasteiger partial charge in [-0.2, -0.15) is 0 Å². The summed E-state index contributed by atoms with van der Waals surface area (Å²) in [4.78, 5) is 11.7. The van der Waals surface area contributed by atoms with Crippen LogP contribution in [0.2, 0.25) is 0 Å². The maximum absolute atomic E-state index is 13.3. The molecule has 0 saturated heterocycles. The van der Waals surface area contributed by atoms with Gasteiger partial charge in [0, 0.05) is 0 Å². The molecule has 0 heterocycles. The van der Waals surface area contributed by atoms with E-state index >= 15 is 0 Å². The van der Waals surface area contributed by atoms with Crippen molar-refractivity contribution in [2.75, 3.05) is 0 Å². The highest BCUT2D eigenvalue weighted by molar-refractivity contribution is 5.88. The quantitative estimate of drug-likeness (QED) is 0.883. The first-order chi connectivity index (χ1) is 8.96. The lowest BCUT2D eigenvalue weighted by atomic mass is 9.85. The number of rotatable bonds is 3. The zero-order chi connectivity index (χ0) is 14.0. The summed E-state index contributed by atoms with van der Waals surface area (Å²) >= 11 is 0. The van der Waals surface area contributed by atoms with Crippen molar-refractivity contribution in [3.63, 3.8) is 0 Å². The molecule has 1 unspecified atom stereocenters. The van der Waals surface area contributed by atoms with Crippen molar-refractivity contribution in [3.8, 4) is 0 Å². The number of aliphatic hydroxyl groups is 1. The van der Waals surface area contributed by atoms with E-state index in [4.69, 9.17) is 5.73 Å². The monoisotopic (exact) mass is 259 g/mol. The van der Waals surface area contributed by atoms with Gasteiger partial charge in [0.05, 0.1) is 0 Å². The van der Waals surface area contributed by atoms with Gasteiger partial charge in [0.2, 0.25) is 0 Å². The fraction of sp³-hybridized carbons (Fsp3) is 0.133. The van der Waals surface area contributed by atoms with Crippen molar-refractivity contribution >= 4 is 5.91 Å². The number of amides is 1. The first kappa shape index (κ1) is 13.2. The van der Waals surface area contributed by atoms with Crippen LogP contribution in [0.15, 0.2) is 48.5 Å². The van der Waals surface area contributed by atoms with Crippen LogP contribution in [-0.4, -0.2) is 11.0 Å². The SMILES string of the molecule is Cc1cc(C(O)(C(N)=O)c2ccccc2)ccc1F. The molecule has 0 aliphatic heterocycles. The highest BCUT2D eigenvalue weighted by Crippen LogP contribution is 2.30. The minimum absolute atomic E-state index is 0.255. The van der Waals surface area contributed by atoms with E-state index < -0.39 is 17.3 Å². The van der Waals surface area contributed by atoms with Crippen LogP contribution in [-0.2, 0) is 10.4 Å². The highest BCUT2D eigenvalue weighted by atomic mass is 19.1. The van der Waals surface area contributed by atoms with E-state index in [9.17, 15) is 14.3 Å². The zero-order valence-corrected chi connectivity index (χ0v) is 10.4. The smallest absolute Gasteiger partial charge is 0.258 e. The van der Waals surface area contributed by atoms with E-state index in [1.54, 1.807) is 37.3 Å². The highest BCUT2D eigenvalue weighted by Gasteiger charge is 2.38. The first-order valence-corrected chi connectivity index (χ1v) is 5.80. The Balaban J connectivity index is 2.63. The Bertz CT molecular complexity index is 613. The van der Waals surface area contributed by atoms with E-state index in [1.807, 2.05) is 0 Å². The van der Waals surface area contributed by atoms with Crippen LogP contribution < -0.4 is 5.73 Å². The standard InChI is InChI=1S/C15H14FNO2/c1-10-9-12(7-8-13(10)16)15(19,14(17)18)11-5-3-2-4-6-11/h2-9,19H,1H3,(H2,17,18). The molecule has 0 fully saturated rings. The van der Waals surface area contributed by atoms with Crippen LogP contribution in [0.4, 0.5) is 4.39 Å². The topological polar surface area (TPSA) is 63.3 Å². The van der Waals surface area contributed by atoms with Gasteiger partial charge in [-0.05, 0) is 35.7 Å². The minimum Gasteiger partial charge on any atom is -0.372 e. The summed E-state index contributed by atoms with van der Waals surface area (Å²) in [6.07, 6.45) is 0. The molecule has 19 heavy (non-hydrogen) atoms. The molecule has 98 valence electrons. The number of hydrogen-bond acceptors (Lipinski definition) is 2. The molecule has 0 bridgehead atoms. The molecular formula is C15H14FNO2. The predicted molar refractivity (Wildman–Crippen MR) is 69.8 cm³/mol. The average Bonchev–Trinajstić information content (AvgIpc) is 2.41. The van der Waals surface area contributed by atoms with Gasteiger partial charge >= 0.3 is 0 Å². The van der Waals surface area contributed by atoms with E-state index in [1.165, 1.54) is 18.2 Å². The molecule has 1 atom stereocenters. The van der Waals surface area contributed by atoms with Gasteiger partial charge in [-0.25, -0.2) is 4.39 Å². The number of halogens is 1. The average molecular weight is 259 g/mol. The molecule has 4 heteroatoms. The Labute approximate surface area is 110 Å². The Morgan fingerprint density at radius 2 is 1.79 bits per heavy atom. The van der Waals surface area contributed by atoms with E-state index in [-0.39, 0.29) is 5.56 Å². The summed E-state index contributed by atoms with van der Waals surface area (Å²) in [6, 6.07) is 12.3. The summed E-state index contributed by atoms with van der Waals surface area (Å²) < 4.78 is 13.3. The van der Waals surface area contributed by atoms with Crippen LogP contribution in [0.1, 0.15) is 16.7 Å². The van der Waals surface area contributed by atoms with Gasteiger partial charge in [-0.1, -0.05) is 36.4 Å².